The van der Waals surface area contributed by atoms with Gasteiger partial charge in [-0.05, 0) is 41.4 Å². The van der Waals surface area contributed by atoms with Crippen molar-refractivity contribution in [2.24, 2.45) is 22.2 Å². The summed E-state index contributed by atoms with van der Waals surface area (Å²) in [5.41, 5.74) is 1.79. The second-order valence-electron chi connectivity index (χ2n) is 6.91. The van der Waals surface area contributed by atoms with Gasteiger partial charge < -0.3 is 0 Å². The lowest BCUT2D eigenvalue weighted by Crippen LogP contribution is -2.31. The van der Waals surface area contributed by atoms with Crippen LogP contribution in [0.25, 0.3) is 0 Å². The summed E-state index contributed by atoms with van der Waals surface area (Å²) in [5, 5.41) is 0. The largest absolute Gasteiger partial charge is 0.0683 e. The maximum atomic E-state index is 2.54. The zero-order valence-electron chi connectivity index (χ0n) is 13.9. The summed E-state index contributed by atoms with van der Waals surface area (Å²) in [7, 11) is 0. The molecule has 0 unspecified atom stereocenters. The van der Waals surface area contributed by atoms with Gasteiger partial charge in [-0.1, -0.05) is 68.7 Å². The average Bonchev–Trinajstić information content (AvgIpc) is 2.72. The van der Waals surface area contributed by atoms with Crippen molar-refractivity contribution in [3.8, 4) is 0 Å². The zero-order chi connectivity index (χ0) is 13.9. The van der Waals surface area contributed by atoms with Gasteiger partial charge in [0.05, 0.1) is 0 Å². The monoisotopic (exact) mass is 240 g/mol. The van der Waals surface area contributed by atoms with E-state index < -0.39 is 0 Å². The molecule has 0 aromatic carbocycles. The van der Waals surface area contributed by atoms with Crippen molar-refractivity contribution in [1.82, 2.24) is 0 Å². The normalized spacial score (nSPS) is 36.2. The first-order chi connectivity index (χ1) is 7.80. The molecule has 0 aromatic heterocycles. The predicted molar refractivity (Wildman–Crippen MR) is 80.3 cm³/mol. The van der Waals surface area contributed by atoms with Gasteiger partial charge in [0, 0.05) is 0 Å². The molecular weight excluding hydrogens is 204 g/mol. The van der Waals surface area contributed by atoms with Gasteiger partial charge in [0.1, 0.15) is 0 Å². The Balaban J connectivity index is 0.000000581. The fraction of sp³-hybridized carbons (Fsp3) is 1.00. The molecule has 0 heterocycles. The summed E-state index contributed by atoms with van der Waals surface area (Å²) in [6, 6.07) is 0. The maximum absolute atomic E-state index is 2.54. The van der Waals surface area contributed by atoms with E-state index in [1.807, 2.05) is 27.7 Å². The van der Waals surface area contributed by atoms with Crippen LogP contribution >= 0.6 is 0 Å². The molecule has 0 nitrogen and oxygen atoms in total. The van der Waals surface area contributed by atoms with Crippen LogP contribution in [0.3, 0.4) is 0 Å². The van der Waals surface area contributed by atoms with Gasteiger partial charge in [0.2, 0.25) is 0 Å². The average molecular weight is 240 g/mol. The molecule has 0 bridgehead atoms. The molecule has 2 saturated carbocycles. The Morgan fingerprint density at radius 3 is 1.71 bits per heavy atom. The smallest absolute Gasteiger partial charge is 0.0241 e. The van der Waals surface area contributed by atoms with Crippen molar-refractivity contribution in [1.29, 1.82) is 0 Å². The lowest BCUT2D eigenvalue weighted by Gasteiger charge is -2.38. The topological polar surface area (TPSA) is 0 Å². The molecule has 2 aliphatic carbocycles. The van der Waals surface area contributed by atoms with E-state index in [9.17, 15) is 0 Å². The van der Waals surface area contributed by atoms with E-state index in [0.29, 0.717) is 16.2 Å². The molecule has 0 radical (unpaired) electrons. The third-order valence-electron chi connectivity index (χ3n) is 5.34. The quantitative estimate of drug-likeness (QED) is 0.466. The summed E-state index contributed by atoms with van der Waals surface area (Å²) in [6.07, 6.45) is 5.83. The standard InChI is InChI=1S/C13H24.2C2H6/c1-11(2)9-12(3,4)13(5)8-6-7-10(11)13;2*1-2/h10H,6-9H2,1-5H3;2*1-2H3/t10-,13-;;/m1../s1. The first kappa shape index (κ1) is 17.0. The number of hydrogen-bond donors (Lipinski definition) is 0. The summed E-state index contributed by atoms with van der Waals surface area (Å²) in [4.78, 5) is 0. The molecule has 17 heavy (non-hydrogen) atoms. The van der Waals surface area contributed by atoms with E-state index in [2.05, 4.69) is 34.6 Å². The SMILES string of the molecule is CC.CC.CC1(C)CC(C)(C)[C@]2(C)CCC[C@H]12. The van der Waals surface area contributed by atoms with Crippen LogP contribution in [-0.4, -0.2) is 0 Å². The van der Waals surface area contributed by atoms with Crippen molar-refractivity contribution in [2.45, 2.75) is 88.0 Å². The van der Waals surface area contributed by atoms with Gasteiger partial charge in [0.25, 0.3) is 0 Å². The zero-order valence-corrected chi connectivity index (χ0v) is 13.9. The Morgan fingerprint density at radius 2 is 1.29 bits per heavy atom. The highest BCUT2D eigenvalue weighted by Crippen LogP contribution is 2.69. The van der Waals surface area contributed by atoms with Gasteiger partial charge in [-0.3, -0.25) is 0 Å². The van der Waals surface area contributed by atoms with E-state index in [1.165, 1.54) is 25.7 Å². The molecule has 2 rings (SSSR count). The van der Waals surface area contributed by atoms with Crippen LogP contribution in [0.1, 0.15) is 88.0 Å². The van der Waals surface area contributed by atoms with Crippen molar-refractivity contribution in [2.75, 3.05) is 0 Å². The van der Waals surface area contributed by atoms with Crippen LogP contribution in [-0.2, 0) is 0 Å². The van der Waals surface area contributed by atoms with Gasteiger partial charge in [-0.2, -0.15) is 0 Å². The molecule has 0 heteroatoms. The summed E-state index contributed by atoms with van der Waals surface area (Å²) in [5.74, 6) is 0.981. The van der Waals surface area contributed by atoms with Gasteiger partial charge in [-0.25, -0.2) is 0 Å². The molecule has 0 N–H and O–H groups in total. The van der Waals surface area contributed by atoms with Crippen molar-refractivity contribution < 1.29 is 0 Å². The summed E-state index contributed by atoms with van der Waals surface area (Å²) < 4.78 is 0. The highest BCUT2D eigenvalue weighted by atomic mass is 14.7. The predicted octanol–water partition coefficient (Wildman–Crippen LogP) is 6.30. The van der Waals surface area contributed by atoms with E-state index in [4.69, 9.17) is 0 Å². The third-order valence-corrected chi connectivity index (χ3v) is 5.34. The molecule has 2 aliphatic rings. The lowest BCUT2D eigenvalue weighted by molar-refractivity contribution is 0.101. The Morgan fingerprint density at radius 1 is 0.824 bits per heavy atom. The van der Waals surface area contributed by atoms with E-state index in [0.717, 1.165) is 5.92 Å². The van der Waals surface area contributed by atoms with Crippen LogP contribution < -0.4 is 0 Å². The number of rotatable bonds is 0. The van der Waals surface area contributed by atoms with Crippen molar-refractivity contribution >= 4 is 0 Å². The molecule has 2 atom stereocenters. The van der Waals surface area contributed by atoms with Crippen LogP contribution in [0, 0.1) is 22.2 Å². The minimum absolute atomic E-state index is 0.567. The molecule has 2 fully saturated rings. The van der Waals surface area contributed by atoms with Gasteiger partial charge >= 0.3 is 0 Å². The number of fused-ring (bicyclic) bond motifs is 1. The first-order valence-corrected chi connectivity index (χ1v) is 7.80. The summed E-state index contributed by atoms with van der Waals surface area (Å²) in [6.45, 7) is 20.5. The van der Waals surface area contributed by atoms with Crippen LogP contribution in [0.5, 0.6) is 0 Å². The highest BCUT2D eigenvalue weighted by Gasteiger charge is 2.61. The molecule has 0 spiro atoms. The molecule has 0 aromatic rings. The molecule has 0 saturated heterocycles. The van der Waals surface area contributed by atoms with Crippen LogP contribution in [0.15, 0.2) is 0 Å². The second-order valence-corrected chi connectivity index (χ2v) is 6.91. The van der Waals surface area contributed by atoms with Crippen LogP contribution in [0.4, 0.5) is 0 Å². The molecule has 0 aliphatic heterocycles. The Labute approximate surface area is 111 Å². The van der Waals surface area contributed by atoms with Crippen molar-refractivity contribution in [3.63, 3.8) is 0 Å². The van der Waals surface area contributed by atoms with E-state index in [-0.39, 0.29) is 0 Å². The Hall–Kier alpha value is 0. The fourth-order valence-electron chi connectivity index (χ4n) is 4.69. The first-order valence-electron chi connectivity index (χ1n) is 7.80. The maximum Gasteiger partial charge on any atom is -0.0241 e. The minimum atomic E-state index is 0.567. The molecular formula is C17H36. The lowest BCUT2D eigenvalue weighted by atomic mass is 9.66. The molecule has 104 valence electrons. The minimum Gasteiger partial charge on any atom is -0.0683 e. The van der Waals surface area contributed by atoms with E-state index >= 15 is 0 Å². The van der Waals surface area contributed by atoms with Gasteiger partial charge in [0.15, 0.2) is 0 Å². The highest BCUT2D eigenvalue weighted by molar-refractivity contribution is 5.10. The Bertz CT molecular complexity index is 224. The van der Waals surface area contributed by atoms with Crippen molar-refractivity contribution in [3.05, 3.63) is 0 Å². The Kier molecular flexibility index (Phi) is 5.76. The van der Waals surface area contributed by atoms with E-state index in [1.54, 1.807) is 0 Å². The third kappa shape index (κ3) is 2.71. The second kappa shape index (κ2) is 5.76. The fourth-order valence-corrected chi connectivity index (χ4v) is 4.69. The molecule has 0 amide bonds. The summed E-state index contributed by atoms with van der Waals surface area (Å²) >= 11 is 0. The van der Waals surface area contributed by atoms with Crippen LogP contribution in [0.2, 0.25) is 0 Å². The number of hydrogen-bond acceptors (Lipinski definition) is 0. The van der Waals surface area contributed by atoms with Gasteiger partial charge in [-0.15, -0.1) is 0 Å².